The summed E-state index contributed by atoms with van der Waals surface area (Å²) in [6.07, 6.45) is 4.64. The number of hydrogen-bond donors (Lipinski definition) is 0. The second-order valence-corrected chi connectivity index (χ2v) is 6.04. The predicted octanol–water partition coefficient (Wildman–Crippen LogP) is 3.15. The number of allylic oxidation sites excluding steroid dienone is 1. The van der Waals surface area contributed by atoms with Crippen LogP contribution in [0.3, 0.4) is 0 Å². The van der Waals surface area contributed by atoms with Gasteiger partial charge < -0.3 is 14.4 Å². The number of rotatable bonds is 4. The molecule has 1 fully saturated rings. The van der Waals surface area contributed by atoms with Crippen LogP contribution in [-0.2, 0) is 20.9 Å². The SMILES string of the molecule is COC(=O)/C=C/C1(C)CCN(C(=O)OCc2ccccc2)CC1. The molecule has 0 radical (unpaired) electrons. The number of methoxy groups -OCH3 is 1. The molecule has 1 aliphatic rings. The quantitative estimate of drug-likeness (QED) is 0.632. The van der Waals surface area contributed by atoms with Crippen LogP contribution in [0.5, 0.6) is 0 Å². The van der Waals surface area contributed by atoms with E-state index < -0.39 is 0 Å². The Morgan fingerprint density at radius 1 is 1.22 bits per heavy atom. The summed E-state index contributed by atoms with van der Waals surface area (Å²) in [6, 6.07) is 9.63. The van der Waals surface area contributed by atoms with Crippen molar-refractivity contribution < 1.29 is 19.1 Å². The average molecular weight is 317 g/mol. The summed E-state index contributed by atoms with van der Waals surface area (Å²) in [6.45, 7) is 3.61. The van der Waals surface area contributed by atoms with Crippen LogP contribution in [0.1, 0.15) is 25.3 Å². The van der Waals surface area contributed by atoms with Crippen molar-refractivity contribution in [2.24, 2.45) is 5.41 Å². The van der Waals surface area contributed by atoms with E-state index in [1.165, 1.54) is 13.2 Å². The molecular formula is C18H23NO4. The Labute approximate surface area is 136 Å². The van der Waals surface area contributed by atoms with Crippen LogP contribution in [0.2, 0.25) is 0 Å². The fourth-order valence-electron chi connectivity index (χ4n) is 2.51. The molecule has 0 spiro atoms. The molecule has 0 unspecified atom stereocenters. The minimum atomic E-state index is -0.351. The zero-order valence-electron chi connectivity index (χ0n) is 13.7. The van der Waals surface area contributed by atoms with Crippen LogP contribution < -0.4 is 0 Å². The second-order valence-electron chi connectivity index (χ2n) is 6.04. The molecule has 0 atom stereocenters. The first-order valence-corrected chi connectivity index (χ1v) is 7.75. The van der Waals surface area contributed by atoms with Crippen molar-refractivity contribution in [1.29, 1.82) is 0 Å². The molecular weight excluding hydrogens is 294 g/mol. The molecule has 1 heterocycles. The molecule has 0 bridgehead atoms. The van der Waals surface area contributed by atoms with Crippen molar-refractivity contribution >= 4 is 12.1 Å². The fourth-order valence-corrected chi connectivity index (χ4v) is 2.51. The molecule has 5 heteroatoms. The maximum absolute atomic E-state index is 12.1. The molecule has 1 aromatic carbocycles. The predicted molar refractivity (Wildman–Crippen MR) is 86.7 cm³/mol. The molecule has 1 aliphatic heterocycles. The monoisotopic (exact) mass is 317 g/mol. The summed E-state index contributed by atoms with van der Waals surface area (Å²) in [5.74, 6) is -0.351. The van der Waals surface area contributed by atoms with E-state index in [9.17, 15) is 9.59 Å². The van der Waals surface area contributed by atoms with Crippen molar-refractivity contribution in [3.05, 3.63) is 48.0 Å². The molecule has 2 rings (SSSR count). The third-order valence-electron chi connectivity index (χ3n) is 4.19. The standard InChI is InChI=1S/C18H23NO4/c1-18(9-8-16(20)22-2)10-12-19(13-11-18)17(21)23-14-15-6-4-3-5-7-15/h3-9H,10-14H2,1-2H3/b9-8+. The van der Waals surface area contributed by atoms with Gasteiger partial charge >= 0.3 is 12.1 Å². The van der Waals surface area contributed by atoms with Crippen LogP contribution in [0, 0.1) is 5.41 Å². The van der Waals surface area contributed by atoms with E-state index in [1.807, 2.05) is 36.4 Å². The number of ether oxygens (including phenoxy) is 2. The maximum Gasteiger partial charge on any atom is 0.410 e. The van der Waals surface area contributed by atoms with Gasteiger partial charge in [-0.1, -0.05) is 43.3 Å². The van der Waals surface area contributed by atoms with Crippen LogP contribution in [0.4, 0.5) is 4.79 Å². The summed E-state index contributed by atoms with van der Waals surface area (Å²) in [7, 11) is 1.36. The molecule has 23 heavy (non-hydrogen) atoms. The van der Waals surface area contributed by atoms with Crippen molar-refractivity contribution in [3.63, 3.8) is 0 Å². The van der Waals surface area contributed by atoms with E-state index >= 15 is 0 Å². The minimum absolute atomic E-state index is 0.0929. The van der Waals surface area contributed by atoms with Crippen LogP contribution >= 0.6 is 0 Å². The van der Waals surface area contributed by atoms with Gasteiger partial charge in [-0.05, 0) is 23.8 Å². The average Bonchev–Trinajstić information content (AvgIpc) is 2.59. The van der Waals surface area contributed by atoms with Gasteiger partial charge in [0.25, 0.3) is 0 Å². The summed E-state index contributed by atoms with van der Waals surface area (Å²) in [5, 5.41) is 0. The summed E-state index contributed by atoms with van der Waals surface area (Å²) in [4.78, 5) is 25.0. The largest absolute Gasteiger partial charge is 0.466 e. The molecule has 1 saturated heterocycles. The lowest BCUT2D eigenvalue weighted by Crippen LogP contribution is -2.41. The number of hydrogen-bond acceptors (Lipinski definition) is 4. The van der Waals surface area contributed by atoms with E-state index in [0.717, 1.165) is 18.4 Å². The number of likely N-dealkylation sites (tertiary alicyclic amines) is 1. The van der Waals surface area contributed by atoms with E-state index in [0.29, 0.717) is 13.1 Å². The third-order valence-corrected chi connectivity index (χ3v) is 4.19. The fraction of sp³-hybridized carbons (Fsp3) is 0.444. The molecule has 0 N–H and O–H groups in total. The Morgan fingerprint density at radius 3 is 2.48 bits per heavy atom. The van der Waals surface area contributed by atoms with Crippen molar-refractivity contribution in [2.45, 2.75) is 26.4 Å². The summed E-state index contributed by atoms with van der Waals surface area (Å²) >= 11 is 0. The number of carbonyl (C=O) groups excluding carboxylic acids is 2. The topological polar surface area (TPSA) is 55.8 Å². The van der Waals surface area contributed by atoms with Gasteiger partial charge in [0.2, 0.25) is 0 Å². The van der Waals surface area contributed by atoms with Crippen LogP contribution in [-0.4, -0.2) is 37.2 Å². The van der Waals surface area contributed by atoms with E-state index in [2.05, 4.69) is 11.7 Å². The normalized spacial score (nSPS) is 17.0. The highest BCUT2D eigenvalue weighted by atomic mass is 16.6. The first-order chi connectivity index (χ1) is 11.0. The van der Waals surface area contributed by atoms with Gasteiger partial charge in [0.1, 0.15) is 6.61 Å². The highest BCUT2D eigenvalue weighted by Gasteiger charge is 2.30. The zero-order valence-corrected chi connectivity index (χ0v) is 13.7. The second kappa shape index (κ2) is 7.81. The smallest absolute Gasteiger partial charge is 0.410 e. The lowest BCUT2D eigenvalue weighted by molar-refractivity contribution is -0.134. The van der Waals surface area contributed by atoms with Crippen molar-refractivity contribution in [3.8, 4) is 0 Å². The highest BCUT2D eigenvalue weighted by molar-refractivity contribution is 5.81. The summed E-state index contributed by atoms with van der Waals surface area (Å²) < 4.78 is 9.96. The van der Waals surface area contributed by atoms with Crippen LogP contribution in [0.15, 0.2) is 42.5 Å². The van der Waals surface area contributed by atoms with Gasteiger partial charge in [-0.15, -0.1) is 0 Å². The summed E-state index contributed by atoms with van der Waals surface area (Å²) in [5.41, 5.74) is 0.883. The Morgan fingerprint density at radius 2 is 1.87 bits per heavy atom. The molecule has 1 aromatic rings. The maximum atomic E-state index is 12.1. The lowest BCUT2D eigenvalue weighted by atomic mass is 9.80. The minimum Gasteiger partial charge on any atom is -0.466 e. The number of amides is 1. The Hall–Kier alpha value is -2.30. The molecule has 0 aromatic heterocycles. The van der Waals surface area contributed by atoms with E-state index in [4.69, 9.17) is 4.74 Å². The zero-order chi connectivity index (χ0) is 16.7. The Bertz CT molecular complexity index is 560. The van der Waals surface area contributed by atoms with Gasteiger partial charge in [0.15, 0.2) is 0 Å². The molecule has 5 nitrogen and oxygen atoms in total. The van der Waals surface area contributed by atoms with Crippen molar-refractivity contribution in [1.82, 2.24) is 4.90 Å². The first-order valence-electron chi connectivity index (χ1n) is 7.75. The first kappa shape index (κ1) is 17.1. The van der Waals surface area contributed by atoms with E-state index in [-0.39, 0.29) is 24.1 Å². The Kier molecular flexibility index (Phi) is 5.79. The molecule has 1 amide bonds. The Balaban J connectivity index is 1.80. The number of piperidine rings is 1. The van der Waals surface area contributed by atoms with Gasteiger partial charge in [0, 0.05) is 19.2 Å². The lowest BCUT2D eigenvalue weighted by Gasteiger charge is -2.36. The molecule has 0 aliphatic carbocycles. The number of benzene rings is 1. The van der Waals surface area contributed by atoms with Gasteiger partial charge in [0.05, 0.1) is 7.11 Å². The van der Waals surface area contributed by atoms with Gasteiger partial charge in [-0.2, -0.15) is 0 Å². The van der Waals surface area contributed by atoms with Crippen molar-refractivity contribution in [2.75, 3.05) is 20.2 Å². The molecule has 124 valence electrons. The molecule has 0 saturated carbocycles. The number of carbonyl (C=O) groups is 2. The highest BCUT2D eigenvalue weighted by Crippen LogP contribution is 2.32. The number of nitrogens with zero attached hydrogens (tertiary/aromatic N) is 1. The van der Waals surface area contributed by atoms with Gasteiger partial charge in [-0.25, -0.2) is 9.59 Å². The van der Waals surface area contributed by atoms with Gasteiger partial charge in [-0.3, -0.25) is 0 Å². The number of esters is 1. The van der Waals surface area contributed by atoms with E-state index in [1.54, 1.807) is 4.90 Å². The van der Waals surface area contributed by atoms with Crippen LogP contribution in [0.25, 0.3) is 0 Å². The third kappa shape index (κ3) is 5.13.